The van der Waals surface area contributed by atoms with E-state index in [9.17, 15) is 0 Å². The molecule has 0 aromatic rings. The number of nitrogens with zero attached hydrogens (tertiary/aromatic N) is 1. The molecule has 0 rings (SSSR count). The molecule has 2 heteroatoms. The van der Waals surface area contributed by atoms with Gasteiger partial charge in [0.05, 0.1) is 27.2 Å². The van der Waals surface area contributed by atoms with Crippen molar-refractivity contribution in [2.24, 2.45) is 0 Å². The zero-order chi connectivity index (χ0) is 32.4. The smallest absolute Gasteiger partial charge is 0.106 e. The van der Waals surface area contributed by atoms with Gasteiger partial charge in [-0.2, -0.15) is 0 Å². The molecule has 0 atom stereocenters. The third kappa shape index (κ3) is 253. The van der Waals surface area contributed by atoms with Crippen molar-refractivity contribution in [3.8, 4) is 0 Å². The highest BCUT2D eigenvalue weighted by atomic mass is 16.1. The van der Waals surface area contributed by atoms with Crippen molar-refractivity contribution in [2.75, 3.05) is 27.2 Å². The Balaban J connectivity index is -0.0000000308. The highest BCUT2D eigenvalue weighted by molar-refractivity contribution is 5.10. The number of rotatable bonds is 9. The molecule has 0 aromatic carbocycles. The van der Waals surface area contributed by atoms with E-state index in [1.165, 1.54) is 94.6 Å². The van der Waals surface area contributed by atoms with Crippen LogP contribution in [0.2, 0.25) is 0 Å². The van der Waals surface area contributed by atoms with E-state index in [4.69, 9.17) is 4.79 Å². The van der Waals surface area contributed by atoms with Gasteiger partial charge in [-0.15, -0.1) is 0 Å². The SMILES string of the molecule is C=O.CC.CC.CC.CCC.CCC.CCC.CCCC.CCCC.CCCCCCC[N+](C)(C)CC. The molecule has 0 aliphatic heterocycles. The summed E-state index contributed by atoms with van der Waals surface area (Å²) in [5.41, 5.74) is 0. The van der Waals surface area contributed by atoms with E-state index in [2.05, 4.69) is 97.2 Å². The molecule has 0 unspecified atom stereocenters. The van der Waals surface area contributed by atoms with Crippen LogP contribution in [0.4, 0.5) is 0 Å². The minimum absolute atomic E-state index is 1.19. The van der Waals surface area contributed by atoms with Crippen molar-refractivity contribution in [2.45, 2.75) is 202 Å². The van der Waals surface area contributed by atoms with Crippen molar-refractivity contribution in [3.05, 3.63) is 0 Å². The van der Waals surface area contributed by atoms with Gasteiger partial charge in [0.15, 0.2) is 0 Å². The second-order valence-corrected chi connectivity index (χ2v) is 8.51. The van der Waals surface area contributed by atoms with Gasteiger partial charge in [-0.3, -0.25) is 0 Å². The molecule has 37 heavy (non-hydrogen) atoms. The Morgan fingerprint density at radius 3 is 0.784 bits per heavy atom. The molecule has 0 amide bonds. The molecule has 0 fully saturated rings. The summed E-state index contributed by atoms with van der Waals surface area (Å²) in [6.07, 6.45) is 16.1. The third-order valence-corrected chi connectivity index (χ3v) is 3.72. The van der Waals surface area contributed by atoms with E-state index in [1.807, 2.05) is 48.3 Å². The number of hydrogen-bond donors (Lipinski definition) is 0. The Kier molecular flexibility index (Phi) is 197. The summed E-state index contributed by atoms with van der Waals surface area (Å²) in [6.45, 7) is 42.6. The summed E-state index contributed by atoms with van der Waals surface area (Å²) in [4.78, 5) is 8.00. The van der Waals surface area contributed by atoms with Crippen LogP contribution < -0.4 is 0 Å². The Labute approximate surface area is 244 Å². The summed E-state index contributed by atoms with van der Waals surface area (Å²) in [5.74, 6) is 0. The van der Waals surface area contributed by atoms with Crippen LogP contribution in [-0.2, 0) is 4.79 Å². The average molecular weight is 541 g/mol. The predicted molar refractivity (Wildman–Crippen MR) is 186 cm³/mol. The maximum Gasteiger partial charge on any atom is 0.106 e. The van der Waals surface area contributed by atoms with Gasteiger partial charge in [0, 0.05) is 0 Å². The summed E-state index contributed by atoms with van der Waals surface area (Å²) in [5, 5.41) is 0. The third-order valence-electron chi connectivity index (χ3n) is 3.72. The number of unbranched alkanes of at least 4 members (excludes halogenated alkanes) is 6. The van der Waals surface area contributed by atoms with Crippen molar-refractivity contribution in [1.29, 1.82) is 0 Å². The molecule has 0 aliphatic carbocycles. The number of carbonyl (C=O) groups excluding carboxylic acids is 1. The Morgan fingerprint density at radius 1 is 0.405 bits per heavy atom. The van der Waals surface area contributed by atoms with Gasteiger partial charge in [0.1, 0.15) is 6.79 Å². The van der Waals surface area contributed by atoms with Gasteiger partial charge in [-0.1, -0.05) is 182 Å². The first-order valence-corrected chi connectivity index (χ1v) is 16.8. The van der Waals surface area contributed by atoms with Crippen molar-refractivity contribution in [3.63, 3.8) is 0 Å². The first kappa shape index (κ1) is 65.6. The van der Waals surface area contributed by atoms with Gasteiger partial charge in [0.2, 0.25) is 0 Å². The maximum atomic E-state index is 8.00. The summed E-state index contributed by atoms with van der Waals surface area (Å²) >= 11 is 0. The molecular formula is C35H90NO+. The number of carbonyl (C=O) groups is 1. The van der Waals surface area contributed by atoms with Crippen LogP contribution in [0.1, 0.15) is 202 Å². The lowest BCUT2D eigenvalue weighted by atomic mass is 10.1. The van der Waals surface area contributed by atoms with E-state index in [0.717, 1.165) is 0 Å². The Morgan fingerprint density at radius 2 is 0.622 bits per heavy atom. The van der Waals surface area contributed by atoms with E-state index < -0.39 is 0 Å². The highest BCUT2D eigenvalue weighted by Crippen LogP contribution is 2.06. The van der Waals surface area contributed by atoms with Crippen molar-refractivity contribution < 1.29 is 9.28 Å². The molecule has 0 aromatic heterocycles. The molecular weight excluding hydrogens is 450 g/mol. The fraction of sp³-hybridized carbons (Fsp3) is 0.971. The lowest BCUT2D eigenvalue weighted by Crippen LogP contribution is -2.39. The predicted octanol–water partition coefficient (Wildman–Crippen LogP) is 13.8. The molecule has 0 saturated carbocycles. The largest absolute Gasteiger partial charge is 0.329 e. The molecule has 0 saturated heterocycles. The molecule has 0 bridgehead atoms. The van der Waals surface area contributed by atoms with Crippen molar-refractivity contribution >= 4 is 6.79 Å². The molecule has 240 valence electrons. The maximum absolute atomic E-state index is 8.00. The number of hydrogen-bond acceptors (Lipinski definition) is 1. The summed E-state index contributed by atoms with van der Waals surface area (Å²) in [6, 6.07) is 0. The van der Waals surface area contributed by atoms with E-state index in [1.54, 1.807) is 0 Å². The standard InChI is InChI=1S/C11H26N.2C4H10.3C3H8.3C2H6.CH2O/c1-5-7-8-9-10-11-12(3,4)6-2;2*1-3-4-2;3*1-3-2;4*1-2/h5-11H2,1-4H3;2*3-4H2,1-2H3;3*3H2,1-2H3;3*1-2H3;1H2/q+1;;;;;;;;;. The van der Waals surface area contributed by atoms with Crippen LogP contribution in [0, 0.1) is 0 Å². The van der Waals surface area contributed by atoms with E-state index >= 15 is 0 Å². The van der Waals surface area contributed by atoms with Gasteiger partial charge in [-0.05, 0) is 19.8 Å². The van der Waals surface area contributed by atoms with Crippen LogP contribution in [0.5, 0.6) is 0 Å². The minimum atomic E-state index is 1.19. The van der Waals surface area contributed by atoms with Gasteiger partial charge >= 0.3 is 0 Å². The second-order valence-electron chi connectivity index (χ2n) is 8.51. The molecule has 0 heterocycles. The monoisotopic (exact) mass is 541 g/mol. The fourth-order valence-electron chi connectivity index (χ4n) is 1.30. The Bertz CT molecular complexity index is 181. The van der Waals surface area contributed by atoms with E-state index in [-0.39, 0.29) is 0 Å². The lowest BCUT2D eigenvalue weighted by Gasteiger charge is -2.28. The van der Waals surface area contributed by atoms with Crippen LogP contribution in [-0.4, -0.2) is 38.5 Å². The van der Waals surface area contributed by atoms with Crippen LogP contribution >= 0.6 is 0 Å². The second kappa shape index (κ2) is 111. The van der Waals surface area contributed by atoms with Gasteiger partial charge in [-0.25, -0.2) is 0 Å². The molecule has 0 aliphatic rings. The van der Waals surface area contributed by atoms with Crippen LogP contribution in [0.15, 0.2) is 0 Å². The quantitative estimate of drug-likeness (QED) is 0.210. The average Bonchev–Trinajstić information content (AvgIpc) is 2.94. The Hall–Kier alpha value is -0.370. The summed E-state index contributed by atoms with van der Waals surface area (Å²) < 4.78 is 1.19. The van der Waals surface area contributed by atoms with Gasteiger partial charge in [0.25, 0.3) is 0 Å². The van der Waals surface area contributed by atoms with Gasteiger partial charge < -0.3 is 9.28 Å². The zero-order valence-corrected chi connectivity index (χ0v) is 31.5. The fourth-order valence-corrected chi connectivity index (χ4v) is 1.30. The minimum Gasteiger partial charge on any atom is -0.329 e. The molecule has 2 nitrogen and oxygen atoms in total. The van der Waals surface area contributed by atoms with Crippen LogP contribution in [0.3, 0.4) is 0 Å². The number of quaternary nitrogens is 1. The summed E-state index contributed by atoms with van der Waals surface area (Å²) in [7, 11) is 4.64. The topological polar surface area (TPSA) is 17.1 Å². The molecule has 0 spiro atoms. The molecule has 0 N–H and O–H groups in total. The van der Waals surface area contributed by atoms with Crippen molar-refractivity contribution in [1.82, 2.24) is 0 Å². The first-order chi connectivity index (χ1) is 17.7. The normalized spacial score (nSPS) is 7.57. The lowest BCUT2D eigenvalue weighted by molar-refractivity contribution is -0.888. The van der Waals surface area contributed by atoms with E-state index in [0.29, 0.717) is 0 Å². The first-order valence-electron chi connectivity index (χ1n) is 16.8. The highest BCUT2D eigenvalue weighted by Gasteiger charge is 2.09. The molecule has 0 radical (unpaired) electrons. The van der Waals surface area contributed by atoms with Crippen LogP contribution in [0.25, 0.3) is 0 Å². The zero-order valence-electron chi connectivity index (χ0n) is 31.5.